The molecule has 1 aromatic heterocycles. The summed E-state index contributed by atoms with van der Waals surface area (Å²) in [4.78, 5) is 11.4. The van der Waals surface area contributed by atoms with Gasteiger partial charge < -0.3 is 4.74 Å². The summed E-state index contributed by atoms with van der Waals surface area (Å²) in [5, 5.41) is 12.8. The molecule has 1 aliphatic carbocycles. The summed E-state index contributed by atoms with van der Waals surface area (Å²) in [6.45, 7) is 4.24. The lowest BCUT2D eigenvalue weighted by atomic mass is 10.3. The van der Waals surface area contributed by atoms with Crippen molar-refractivity contribution in [3.8, 4) is 0 Å². The Morgan fingerprint density at radius 2 is 2.26 bits per heavy atom. The van der Waals surface area contributed by atoms with Gasteiger partial charge in [-0.05, 0) is 30.2 Å². The molecule has 1 unspecified atom stereocenters. The Balaban J connectivity index is 1.91. The van der Waals surface area contributed by atoms with Crippen LogP contribution in [0, 0.1) is 0 Å². The number of hydrogen-bond acceptors (Lipinski definition) is 6. The molecule has 1 heterocycles. The fourth-order valence-electron chi connectivity index (χ4n) is 2.32. The molecule has 0 spiro atoms. The van der Waals surface area contributed by atoms with Gasteiger partial charge in [0, 0.05) is 5.25 Å². The third-order valence-corrected chi connectivity index (χ3v) is 4.25. The van der Waals surface area contributed by atoms with Crippen molar-refractivity contribution in [3.05, 3.63) is 0 Å². The summed E-state index contributed by atoms with van der Waals surface area (Å²) in [7, 11) is 0. The number of ether oxygens (including phenoxy) is 1. The Morgan fingerprint density at radius 1 is 1.53 bits per heavy atom. The molecule has 1 saturated carbocycles. The molecule has 2 rings (SSSR count). The van der Waals surface area contributed by atoms with E-state index in [0.29, 0.717) is 19.1 Å². The molecule has 0 radical (unpaired) electrons. The molecule has 0 aliphatic heterocycles. The van der Waals surface area contributed by atoms with Crippen molar-refractivity contribution in [2.45, 2.75) is 62.4 Å². The van der Waals surface area contributed by atoms with E-state index in [0.717, 1.165) is 18.0 Å². The maximum atomic E-state index is 11.4. The molecule has 6 nitrogen and oxygen atoms in total. The predicted octanol–water partition coefficient (Wildman–Crippen LogP) is 2.22. The highest BCUT2D eigenvalue weighted by atomic mass is 32.2. The average molecular weight is 284 g/mol. The second kappa shape index (κ2) is 6.88. The highest BCUT2D eigenvalue weighted by Crippen LogP contribution is 2.32. The van der Waals surface area contributed by atoms with Crippen LogP contribution < -0.4 is 0 Å². The summed E-state index contributed by atoms with van der Waals surface area (Å²) in [5.41, 5.74) is 0. The molecule has 1 aliphatic rings. The van der Waals surface area contributed by atoms with E-state index < -0.39 is 0 Å². The number of carbonyl (C=O) groups is 1. The molecule has 106 valence electrons. The lowest BCUT2D eigenvalue weighted by Crippen LogP contribution is -2.13. The fourth-order valence-corrected chi connectivity index (χ4v) is 3.27. The Kier molecular flexibility index (Phi) is 5.18. The van der Waals surface area contributed by atoms with Gasteiger partial charge in [0.25, 0.3) is 0 Å². The summed E-state index contributed by atoms with van der Waals surface area (Å²) < 4.78 is 6.87. The molecular formula is C12H20N4O2S. The second-order valence-electron chi connectivity index (χ2n) is 4.78. The van der Waals surface area contributed by atoms with Crippen molar-refractivity contribution in [2.75, 3.05) is 6.61 Å². The molecule has 0 saturated heterocycles. The summed E-state index contributed by atoms with van der Waals surface area (Å²) in [5.74, 6) is -0.164. The lowest BCUT2D eigenvalue weighted by molar-refractivity contribution is -0.142. The van der Waals surface area contributed by atoms with E-state index in [1.807, 2.05) is 18.5 Å². The molecule has 1 fully saturated rings. The zero-order valence-corrected chi connectivity index (χ0v) is 12.2. The number of esters is 1. The number of aromatic nitrogens is 4. The third kappa shape index (κ3) is 3.92. The van der Waals surface area contributed by atoms with Gasteiger partial charge in [0.2, 0.25) is 5.16 Å². The molecule has 0 N–H and O–H groups in total. The predicted molar refractivity (Wildman–Crippen MR) is 71.9 cm³/mol. The van der Waals surface area contributed by atoms with Crippen molar-refractivity contribution in [2.24, 2.45) is 0 Å². The normalized spacial score (nSPS) is 17.6. The topological polar surface area (TPSA) is 69.9 Å². The largest absolute Gasteiger partial charge is 0.466 e. The van der Waals surface area contributed by atoms with Crippen molar-refractivity contribution >= 4 is 17.7 Å². The Labute approximate surface area is 117 Å². The van der Waals surface area contributed by atoms with Gasteiger partial charge in [0.1, 0.15) is 0 Å². The zero-order valence-electron chi connectivity index (χ0n) is 11.4. The first-order valence-electron chi connectivity index (χ1n) is 6.80. The van der Waals surface area contributed by atoms with Crippen LogP contribution in [0.1, 0.15) is 52.0 Å². The summed E-state index contributed by atoms with van der Waals surface area (Å²) in [6, 6.07) is 0.423. The van der Waals surface area contributed by atoms with Gasteiger partial charge in [0.05, 0.1) is 19.1 Å². The van der Waals surface area contributed by atoms with Gasteiger partial charge in [-0.25, -0.2) is 4.68 Å². The number of carbonyl (C=O) groups excluding carboxylic acids is 1. The van der Waals surface area contributed by atoms with E-state index in [-0.39, 0.29) is 11.2 Å². The van der Waals surface area contributed by atoms with Gasteiger partial charge in [-0.15, -0.1) is 5.10 Å². The van der Waals surface area contributed by atoms with Crippen LogP contribution in [-0.4, -0.2) is 38.0 Å². The van der Waals surface area contributed by atoms with Crippen LogP contribution in [0.15, 0.2) is 5.16 Å². The first-order chi connectivity index (χ1) is 9.20. The number of thioether (sulfide) groups is 1. The Bertz CT molecular complexity index is 418. The minimum atomic E-state index is -0.164. The first-order valence-corrected chi connectivity index (χ1v) is 7.68. The highest BCUT2D eigenvalue weighted by molar-refractivity contribution is 7.99. The molecule has 1 aromatic rings. The molecule has 19 heavy (non-hydrogen) atoms. The number of rotatable bonds is 6. The highest BCUT2D eigenvalue weighted by Gasteiger charge is 2.23. The quantitative estimate of drug-likeness (QED) is 0.589. The van der Waals surface area contributed by atoms with E-state index in [1.165, 1.54) is 12.8 Å². The van der Waals surface area contributed by atoms with Gasteiger partial charge >= 0.3 is 5.97 Å². The lowest BCUT2D eigenvalue weighted by Gasteiger charge is -2.13. The van der Waals surface area contributed by atoms with Crippen LogP contribution in [-0.2, 0) is 9.53 Å². The van der Waals surface area contributed by atoms with Gasteiger partial charge in [-0.2, -0.15) is 0 Å². The molecule has 0 bridgehead atoms. The van der Waals surface area contributed by atoms with Crippen LogP contribution in [0.5, 0.6) is 0 Å². The van der Waals surface area contributed by atoms with Crippen LogP contribution in [0.4, 0.5) is 0 Å². The second-order valence-corrected chi connectivity index (χ2v) is 6.19. The summed E-state index contributed by atoms with van der Waals surface area (Å²) >= 11 is 1.54. The van der Waals surface area contributed by atoms with E-state index >= 15 is 0 Å². The van der Waals surface area contributed by atoms with E-state index in [2.05, 4.69) is 15.5 Å². The van der Waals surface area contributed by atoms with Crippen LogP contribution in [0.25, 0.3) is 0 Å². The van der Waals surface area contributed by atoms with E-state index in [9.17, 15) is 4.79 Å². The minimum Gasteiger partial charge on any atom is -0.466 e. The van der Waals surface area contributed by atoms with Crippen molar-refractivity contribution in [1.29, 1.82) is 0 Å². The average Bonchev–Trinajstić information content (AvgIpc) is 2.98. The maximum Gasteiger partial charge on any atom is 0.306 e. The zero-order chi connectivity index (χ0) is 13.7. The van der Waals surface area contributed by atoms with Gasteiger partial charge in [-0.3, -0.25) is 4.79 Å². The van der Waals surface area contributed by atoms with Crippen molar-refractivity contribution in [1.82, 2.24) is 20.2 Å². The van der Waals surface area contributed by atoms with E-state index in [1.54, 1.807) is 11.8 Å². The maximum absolute atomic E-state index is 11.4. The van der Waals surface area contributed by atoms with Gasteiger partial charge in [0.15, 0.2) is 0 Å². The van der Waals surface area contributed by atoms with Crippen molar-refractivity contribution in [3.63, 3.8) is 0 Å². The van der Waals surface area contributed by atoms with Gasteiger partial charge in [-0.1, -0.05) is 31.5 Å². The third-order valence-electron chi connectivity index (χ3n) is 3.20. The van der Waals surface area contributed by atoms with Crippen LogP contribution in [0.2, 0.25) is 0 Å². The molecule has 0 amide bonds. The van der Waals surface area contributed by atoms with Crippen LogP contribution >= 0.6 is 11.8 Å². The monoisotopic (exact) mass is 284 g/mol. The Hall–Kier alpha value is -1.11. The standard InChI is InChI=1S/C12H20N4O2S/c1-3-18-11(17)8-9(2)19-12-13-14-15-16(12)10-6-4-5-7-10/h9-10H,3-8H2,1-2H3. The molecular weight excluding hydrogens is 264 g/mol. The minimum absolute atomic E-state index is 0.116. The molecule has 0 aromatic carbocycles. The van der Waals surface area contributed by atoms with E-state index in [4.69, 9.17) is 4.74 Å². The fraction of sp³-hybridized carbons (Fsp3) is 0.833. The SMILES string of the molecule is CCOC(=O)CC(C)Sc1nnnn1C1CCCC1. The Morgan fingerprint density at radius 3 is 2.95 bits per heavy atom. The number of hydrogen-bond donors (Lipinski definition) is 0. The van der Waals surface area contributed by atoms with Crippen molar-refractivity contribution < 1.29 is 9.53 Å². The smallest absolute Gasteiger partial charge is 0.306 e. The first kappa shape index (κ1) is 14.3. The molecule has 7 heteroatoms. The number of nitrogens with zero attached hydrogens (tertiary/aromatic N) is 4. The molecule has 1 atom stereocenters. The summed E-state index contributed by atoms with van der Waals surface area (Å²) in [6.07, 6.45) is 5.16. The van der Waals surface area contributed by atoms with Crippen LogP contribution in [0.3, 0.4) is 0 Å². The number of tetrazole rings is 1.